The maximum atomic E-state index is 9.77. The van der Waals surface area contributed by atoms with E-state index in [-0.39, 0.29) is 19.5 Å². The van der Waals surface area contributed by atoms with Gasteiger partial charge in [0.2, 0.25) is 0 Å². The third kappa shape index (κ3) is 7.67. The Morgan fingerprint density at radius 3 is 0.635 bits per heavy atom. The summed E-state index contributed by atoms with van der Waals surface area (Å²) in [7, 11) is -4.38. The monoisotopic (exact) mass is 1370 g/mol. The number of hydrogen-bond donors (Lipinski definition) is 0. The summed E-state index contributed by atoms with van der Waals surface area (Å²) in [5, 5.41) is 7.32. The van der Waals surface area contributed by atoms with Gasteiger partial charge in [0.05, 0.1) is 28.8 Å². The van der Waals surface area contributed by atoms with Crippen LogP contribution in [0.1, 0.15) is 368 Å². The standard InChI is InChI=1S/C84H76N4.C2H3N.F3HP.Ru/c1-9-45-25-37(1)53-33-54-38-2-10-46(26-38)70(54)81(69(45)53)77-61-17-19-63(85-61)78(82-71-47-11-3-39(27-47)55(71)34-56-40-4-12-48(28-40)72(56)82)65-21-23-67(87-65)80(84-75-51-15-7-43(31-51)59(75)36-60-44-8-16-52(32-44)76(60)84)68-24-22-66(88-68)79(64-20-18-62(77)86-64)83-73-49-13-5-41(29-49)57(73)35-58-42-6-14-50(30-42)74(58)83;1-2-3;1-4(2)3;/h17-24,33-52H,1-16,25-32H2;1H3;4H;/q-2;;+1;+2. The molecule has 0 radical (unpaired) electrons. The van der Waals surface area contributed by atoms with Crippen LogP contribution in [0.4, 0.5) is 12.6 Å². The molecule has 16 unspecified atom stereocenters. The summed E-state index contributed by atoms with van der Waals surface area (Å²) in [6, 6.07) is 22.9. The summed E-state index contributed by atoms with van der Waals surface area (Å²) < 4.78 is 29.3. The van der Waals surface area contributed by atoms with Crippen molar-refractivity contribution >= 4 is 55.2 Å². The summed E-state index contributed by atoms with van der Waals surface area (Å²) in [5.41, 5.74) is 47.9. The Labute approximate surface area is 575 Å². The molecular formula is C86H80F3N5PRu+. The molecule has 2 aliphatic heterocycles. The van der Waals surface area contributed by atoms with Gasteiger partial charge >= 0.3 is 28.3 Å². The van der Waals surface area contributed by atoms with Crippen molar-refractivity contribution in [2.24, 2.45) is 0 Å². The van der Waals surface area contributed by atoms with E-state index in [0.29, 0.717) is 94.7 Å². The van der Waals surface area contributed by atoms with Crippen LogP contribution in [0.25, 0.3) is 90.9 Å². The fourth-order valence-electron chi connectivity index (χ4n) is 26.6. The van der Waals surface area contributed by atoms with E-state index in [1.54, 1.807) is 117 Å². The van der Waals surface area contributed by atoms with Gasteiger partial charge in [0.1, 0.15) is 0 Å². The van der Waals surface area contributed by atoms with Crippen LogP contribution < -0.4 is 9.97 Å². The van der Waals surface area contributed by atoms with Crippen LogP contribution in [-0.4, -0.2) is 9.97 Å². The summed E-state index contributed by atoms with van der Waals surface area (Å²) in [6.45, 7) is 1.43. The molecule has 18 aliphatic rings. The van der Waals surface area contributed by atoms with E-state index in [2.05, 4.69) is 72.8 Å². The Hall–Kier alpha value is -6.19. The Morgan fingerprint density at radius 2 is 0.469 bits per heavy atom. The maximum absolute atomic E-state index is 9.77. The quantitative estimate of drug-likeness (QED) is 0.130. The molecule has 8 saturated carbocycles. The fourth-order valence-corrected chi connectivity index (χ4v) is 26.6. The summed E-state index contributed by atoms with van der Waals surface area (Å²) in [6.07, 6.45) is 41.8. The second-order valence-electron chi connectivity index (χ2n) is 33.5. The van der Waals surface area contributed by atoms with Gasteiger partial charge in [-0.15, -0.1) is 22.1 Å². The van der Waals surface area contributed by atoms with Crippen LogP contribution in [0.5, 0.6) is 0 Å². The summed E-state index contributed by atoms with van der Waals surface area (Å²) in [5.74, 6) is 10.4. The minimum atomic E-state index is -4.38. The molecule has 0 N–H and O–H groups in total. The second kappa shape index (κ2) is 20.7. The molecule has 96 heavy (non-hydrogen) atoms. The minimum Gasteiger partial charge on any atom is -0.657 e. The van der Waals surface area contributed by atoms with Crippen molar-refractivity contribution in [2.45, 2.75) is 256 Å². The predicted molar refractivity (Wildman–Crippen MR) is 376 cm³/mol. The molecule has 482 valence electrons. The number of rotatable bonds is 4. The third-order valence-electron chi connectivity index (χ3n) is 29.7. The number of halogens is 3. The molecule has 5 heterocycles. The number of aromatic nitrogens is 4. The van der Waals surface area contributed by atoms with Crippen molar-refractivity contribution in [3.63, 3.8) is 0 Å². The van der Waals surface area contributed by atoms with Crippen molar-refractivity contribution in [3.05, 3.63) is 160 Å². The number of hydrogen-bond acceptors (Lipinski definition) is 3. The average Bonchev–Trinajstić information content (AvgIpc) is 1.55. The molecule has 0 spiro atoms. The van der Waals surface area contributed by atoms with Gasteiger partial charge < -0.3 is 9.97 Å². The minimum absolute atomic E-state index is 0. The van der Waals surface area contributed by atoms with E-state index in [9.17, 15) is 12.6 Å². The van der Waals surface area contributed by atoms with E-state index in [0.717, 1.165) is 44.8 Å². The van der Waals surface area contributed by atoms with Crippen molar-refractivity contribution in [2.75, 3.05) is 0 Å². The fraction of sp³-hybridized carbons (Fsp3) is 0.477. The third-order valence-corrected chi connectivity index (χ3v) is 29.7. The zero-order chi connectivity index (χ0) is 62.3. The van der Waals surface area contributed by atoms with Crippen molar-refractivity contribution in [3.8, 4) is 50.6 Å². The normalized spacial score (nSPS) is 32.1. The molecule has 16 atom stereocenters. The molecule has 7 aromatic rings. The molecule has 24 bridgehead atoms. The van der Waals surface area contributed by atoms with E-state index < -0.39 is 8.85 Å². The largest absolute Gasteiger partial charge is 2.00 e. The Kier molecular flexibility index (Phi) is 12.5. The van der Waals surface area contributed by atoms with Crippen molar-refractivity contribution in [1.29, 1.82) is 5.26 Å². The Balaban J connectivity index is 0.000000715. The maximum Gasteiger partial charge on any atom is 2.00 e. The van der Waals surface area contributed by atoms with Crippen LogP contribution in [-0.2, 0) is 19.5 Å². The van der Waals surface area contributed by atoms with Crippen LogP contribution in [0.15, 0.2) is 48.5 Å². The van der Waals surface area contributed by atoms with E-state index in [4.69, 9.17) is 25.2 Å². The predicted octanol–water partition coefficient (Wildman–Crippen LogP) is 23.9. The van der Waals surface area contributed by atoms with Gasteiger partial charge in [-0.3, -0.25) is 0 Å². The summed E-state index contributed by atoms with van der Waals surface area (Å²) in [4.78, 5) is 25.4. The van der Waals surface area contributed by atoms with Crippen molar-refractivity contribution in [1.82, 2.24) is 19.9 Å². The number of nitriles is 1. The van der Waals surface area contributed by atoms with Gasteiger partial charge in [-0.2, -0.15) is 5.26 Å². The molecule has 25 rings (SSSR count). The first-order valence-electron chi connectivity index (χ1n) is 37.7. The first kappa shape index (κ1) is 57.7. The first-order valence-corrected chi connectivity index (χ1v) is 38.8. The molecule has 10 heteroatoms. The molecule has 5 nitrogen and oxygen atoms in total. The first-order chi connectivity index (χ1) is 46.7. The van der Waals surface area contributed by atoms with Gasteiger partial charge in [-0.25, -0.2) is 9.97 Å². The van der Waals surface area contributed by atoms with E-state index >= 15 is 0 Å². The number of nitrogens with zero attached hydrogens (tertiary/aromatic N) is 5. The van der Waals surface area contributed by atoms with Gasteiger partial charge in [-0.05, 0) is 407 Å². The molecule has 8 fully saturated rings. The smallest absolute Gasteiger partial charge is 0.657 e. The van der Waals surface area contributed by atoms with Gasteiger partial charge in [-0.1, -0.05) is 48.5 Å². The molecule has 0 amide bonds. The van der Waals surface area contributed by atoms with Crippen LogP contribution in [0.2, 0.25) is 0 Å². The summed E-state index contributed by atoms with van der Waals surface area (Å²) >= 11 is 0. The number of benzene rings is 4. The second-order valence-corrected chi connectivity index (χ2v) is 33.9. The van der Waals surface area contributed by atoms with Gasteiger partial charge in [0, 0.05) is 19.5 Å². The SMILES string of the molecule is C1=Cc2nc1c(-c1c3c(cc4c1C1CCC4C1)C1CCC3C1)c1ccc([n-]1)c(-c1c3c(cc4c1C1CCC4C1)C1CCC3C1)c1nc(c(-c3c4c(cc5c3C3CCC5C3)C3CCC4C3)c3ccc([n-]3)c2-c2c3c(cc4c2C2CCC4C2)C2CCC3C2)C=C1.CC#N.F[PH+](F)F.[Ru+2]. The zero-order valence-electron chi connectivity index (χ0n) is 54.9. The molecule has 3 aromatic heterocycles. The zero-order valence-corrected chi connectivity index (χ0v) is 57.6. The van der Waals surface area contributed by atoms with Gasteiger partial charge in [0.15, 0.2) is 0 Å². The Bertz CT molecular complexity index is 4230. The molecule has 4 aromatic carbocycles. The van der Waals surface area contributed by atoms with Crippen molar-refractivity contribution < 1.29 is 32.1 Å². The number of fused-ring (bicyclic) bond motifs is 48. The van der Waals surface area contributed by atoms with Crippen LogP contribution in [0.3, 0.4) is 0 Å². The molecular weight excluding hydrogens is 1290 g/mol. The van der Waals surface area contributed by atoms with E-state index in [1.807, 2.05) is 0 Å². The van der Waals surface area contributed by atoms with Crippen LogP contribution >= 0.6 is 8.85 Å². The topological polar surface area (TPSA) is 77.8 Å². The molecule has 16 aliphatic carbocycles. The average molecular weight is 1370 g/mol. The van der Waals surface area contributed by atoms with Crippen LogP contribution in [0, 0.1) is 11.3 Å². The molecule has 0 saturated heterocycles. The van der Waals surface area contributed by atoms with Gasteiger partial charge in [0.25, 0.3) is 0 Å². The van der Waals surface area contributed by atoms with E-state index in [1.165, 1.54) is 183 Å². The Morgan fingerprint density at radius 1 is 0.312 bits per heavy atom.